The minimum Gasteiger partial charge on any atom is -0.398 e. The molecule has 0 saturated heterocycles. The van der Waals surface area contributed by atoms with E-state index in [4.69, 9.17) is 17.3 Å². The third kappa shape index (κ3) is 3.84. The van der Waals surface area contributed by atoms with E-state index in [0.717, 1.165) is 6.42 Å². The molecule has 4 nitrogen and oxygen atoms in total. The zero-order valence-corrected chi connectivity index (χ0v) is 13.3. The number of hydrogen-bond acceptors (Lipinski definition) is 3. The number of hydrogen-bond donors (Lipinski definition) is 1. The number of benzene rings is 1. The Kier molecular flexibility index (Phi) is 5.24. The van der Waals surface area contributed by atoms with Crippen molar-refractivity contribution in [2.75, 3.05) is 19.3 Å². The smallest absolute Gasteiger partial charge is 0.242 e. The Morgan fingerprint density at radius 1 is 1.37 bits per heavy atom. The van der Waals surface area contributed by atoms with Crippen molar-refractivity contribution in [1.82, 2.24) is 4.31 Å². The maximum Gasteiger partial charge on any atom is 0.242 e. The molecule has 0 aliphatic carbocycles. The van der Waals surface area contributed by atoms with E-state index in [1.54, 1.807) is 14.0 Å². The van der Waals surface area contributed by atoms with Gasteiger partial charge in [-0.1, -0.05) is 25.4 Å². The van der Waals surface area contributed by atoms with E-state index in [2.05, 4.69) is 13.8 Å². The summed E-state index contributed by atoms with van der Waals surface area (Å²) in [5, 5.41) is 0.371. The van der Waals surface area contributed by atoms with Crippen molar-refractivity contribution in [1.29, 1.82) is 0 Å². The summed E-state index contributed by atoms with van der Waals surface area (Å²) in [5.41, 5.74) is 6.86. The summed E-state index contributed by atoms with van der Waals surface area (Å²) in [6.07, 6.45) is 0.810. The van der Waals surface area contributed by atoms with Crippen LogP contribution in [-0.4, -0.2) is 26.3 Å². The van der Waals surface area contributed by atoms with Gasteiger partial charge in [0.15, 0.2) is 0 Å². The summed E-state index contributed by atoms with van der Waals surface area (Å²) < 4.78 is 26.1. The van der Waals surface area contributed by atoms with Crippen molar-refractivity contribution in [2.24, 2.45) is 5.92 Å². The first-order chi connectivity index (χ1) is 8.66. The highest BCUT2D eigenvalue weighted by Crippen LogP contribution is 2.27. The Labute approximate surface area is 120 Å². The van der Waals surface area contributed by atoms with Crippen LogP contribution in [0.5, 0.6) is 0 Å². The van der Waals surface area contributed by atoms with Gasteiger partial charge < -0.3 is 5.73 Å². The zero-order chi connectivity index (χ0) is 14.8. The Hall–Kier alpha value is -0.780. The number of nitrogens with two attached hydrogens (primary N) is 1. The van der Waals surface area contributed by atoms with Crippen LogP contribution in [0.3, 0.4) is 0 Å². The molecule has 0 aromatic heterocycles. The summed E-state index contributed by atoms with van der Waals surface area (Å²) in [4.78, 5) is 0.145. The highest BCUT2D eigenvalue weighted by atomic mass is 35.5. The molecular formula is C13H21ClN2O2S. The first kappa shape index (κ1) is 16.3. The molecule has 0 fully saturated rings. The van der Waals surface area contributed by atoms with Crippen molar-refractivity contribution >= 4 is 27.3 Å². The number of rotatable bonds is 5. The average Bonchev–Trinajstić information content (AvgIpc) is 2.31. The lowest BCUT2D eigenvalue weighted by Gasteiger charge is -2.19. The van der Waals surface area contributed by atoms with Gasteiger partial charge in [-0.15, -0.1) is 0 Å². The van der Waals surface area contributed by atoms with E-state index in [-0.39, 0.29) is 4.90 Å². The molecule has 1 aromatic carbocycles. The van der Waals surface area contributed by atoms with Crippen LogP contribution in [0.4, 0.5) is 5.69 Å². The van der Waals surface area contributed by atoms with Gasteiger partial charge >= 0.3 is 0 Å². The van der Waals surface area contributed by atoms with Crippen molar-refractivity contribution in [3.63, 3.8) is 0 Å². The lowest BCUT2D eigenvalue weighted by atomic mass is 10.1. The average molecular weight is 305 g/mol. The molecule has 0 spiro atoms. The fourth-order valence-electron chi connectivity index (χ4n) is 1.56. The molecule has 108 valence electrons. The summed E-state index contributed by atoms with van der Waals surface area (Å²) in [5.74, 6) is 0.448. The van der Waals surface area contributed by atoms with Gasteiger partial charge in [-0.2, -0.15) is 0 Å². The summed E-state index contributed by atoms with van der Waals surface area (Å²) in [6, 6.07) is 2.91. The van der Waals surface area contributed by atoms with Crippen molar-refractivity contribution < 1.29 is 8.42 Å². The van der Waals surface area contributed by atoms with E-state index < -0.39 is 10.0 Å². The van der Waals surface area contributed by atoms with E-state index >= 15 is 0 Å². The van der Waals surface area contributed by atoms with E-state index in [1.807, 2.05) is 0 Å². The second kappa shape index (κ2) is 6.11. The van der Waals surface area contributed by atoms with Crippen LogP contribution in [0.1, 0.15) is 25.8 Å². The first-order valence-electron chi connectivity index (χ1n) is 6.18. The van der Waals surface area contributed by atoms with Gasteiger partial charge in [-0.25, -0.2) is 12.7 Å². The summed E-state index contributed by atoms with van der Waals surface area (Å²) in [7, 11) is -1.96. The molecule has 0 atom stereocenters. The molecule has 0 aliphatic heterocycles. The molecule has 0 saturated carbocycles. The first-order valence-corrected chi connectivity index (χ1v) is 8.00. The van der Waals surface area contributed by atoms with Crippen LogP contribution in [0.25, 0.3) is 0 Å². The van der Waals surface area contributed by atoms with Gasteiger partial charge in [0.25, 0.3) is 0 Å². The van der Waals surface area contributed by atoms with Crippen LogP contribution in [-0.2, 0) is 10.0 Å². The van der Waals surface area contributed by atoms with E-state index in [0.29, 0.717) is 28.7 Å². The standard InChI is InChI=1S/C13H21ClN2O2S/c1-9(2)5-6-16(4)19(17,18)11-7-12(14)10(3)13(15)8-11/h7-9H,5-6,15H2,1-4H3. The quantitative estimate of drug-likeness (QED) is 0.851. The van der Waals surface area contributed by atoms with Gasteiger partial charge in [0, 0.05) is 24.3 Å². The topological polar surface area (TPSA) is 63.4 Å². The molecule has 0 aliphatic rings. The van der Waals surface area contributed by atoms with Crippen molar-refractivity contribution in [2.45, 2.75) is 32.1 Å². The molecule has 1 aromatic rings. The third-order valence-electron chi connectivity index (χ3n) is 3.09. The molecule has 19 heavy (non-hydrogen) atoms. The Balaban J connectivity index is 3.07. The number of anilines is 1. The highest BCUT2D eigenvalue weighted by Gasteiger charge is 2.22. The van der Waals surface area contributed by atoms with Gasteiger partial charge in [0.05, 0.1) is 4.90 Å². The van der Waals surface area contributed by atoms with Gasteiger partial charge in [0.2, 0.25) is 10.0 Å². The normalized spacial score (nSPS) is 12.4. The van der Waals surface area contributed by atoms with Crippen LogP contribution in [0.15, 0.2) is 17.0 Å². The zero-order valence-electron chi connectivity index (χ0n) is 11.8. The Morgan fingerprint density at radius 3 is 2.42 bits per heavy atom. The summed E-state index contributed by atoms with van der Waals surface area (Å²) >= 11 is 5.99. The lowest BCUT2D eigenvalue weighted by molar-refractivity contribution is 0.428. The Morgan fingerprint density at radius 2 is 1.95 bits per heavy atom. The SMILES string of the molecule is Cc1c(N)cc(S(=O)(=O)N(C)CCC(C)C)cc1Cl. The maximum atomic E-state index is 12.4. The fraction of sp³-hybridized carbons (Fsp3) is 0.538. The monoisotopic (exact) mass is 304 g/mol. The van der Waals surface area contributed by atoms with Gasteiger partial charge in [-0.3, -0.25) is 0 Å². The predicted octanol–water partition coefficient (Wildman–Crippen LogP) is 2.90. The molecule has 2 N–H and O–H groups in total. The second-order valence-electron chi connectivity index (χ2n) is 5.13. The molecule has 0 radical (unpaired) electrons. The van der Waals surface area contributed by atoms with Crippen LogP contribution >= 0.6 is 11.6 Å². The molecule has 0 bridgehead atoms. The largest absolute Gasteiger partial charge is 0.398 e. The lowest BCUT2D eigenvalue weighted by Crippen LogP contribution is -2.28. The molecule has 0 amide bonds. The number of sulfonamides is 1. The van der Waals surface area contributed by atoms with Gasteiger partial charge in [0.1, 0.15) is 0 Å². The van der Waals surface area contributed by atoms with Crippen LogP contribution < -0.4 is 5.73 Å². The molecule has 0 unspecified atom stereocenters. The molecule has 6 heteroatoms. The molecule has 1 rings (SSSR count). The molecule has 0 heterocycles. The maximum absolute atomic E-state index is 12.4. The third-order valence-corrected chi connectivity index (χ3v) is 5.31. The van der Waals surface area contributed by atoms with Crippen molar-refractivity contribution in [3.8, 4) is 0 Å². The van der Waals surface area contributed by atoms with Gasteiger partial charge in [-0.05, 0) is 37.0 Å². The van der Waals surface area contributed by atoms with Crippen LogP contribution in [0.2, 0.25) is 5.02 Å². The predicted molar refractivity (Wildman–Crippen MR) is 79.9 cm³/mol. The number of nitrogens with zero attached hydrogens (tertiary/aromatic N) is 1. The second-order valence-corrected chi connectivity index (χ2v) is 7.58. The number of halogens is 1. The fourth-order valence-corrected chi connectivity index (χ4v) is 3.10. The van der Waals surface area contributed by atoms with E-state index in [9.17, 15) is 8.42 Å². The van der Waals surface area contributed by atoms with Crippen LogP contribution in [0, 0.1) is 12.8 Å². The van der Waals surface area contributed by atoms with Crippen molar-refractivity contribution in [3.05, 3.63) is 22.7 Å². The highest BCUT2D eigenvalue weighted by molar-refractivity contribution is 7.89. The summed E-state index contributed by atoms with van der Waals surface area (Å²) in [6.45, 7) is 6.35. The minimum absolute atomic E-state index is 0.145. The Bertz CT molecular complexity index is 533. The molecular weight excluding hydrogens is 284 g/mol. The number of nitrogen functional groups attached to an aromatic ring is 1. The minimum atomic E-state index is -3.53. The van der Waals surface area contributed by atoms with E-state index in [1.165, 1.54) is 16.4 Å².